The van der Waals surface area contributed by atoms with E-state index in [0.717, 1.165) is 17.7 Å². The van der Waals surface area contributed by atoms with Crippen molar-refractivity contribution in [3.05, 3.63) is 29.3 Å². The predicted octanol–water partition coefficient (Wildman–Crippen LogP) is 2.31. The summed E-state index contributed by atoms with van der Waals surface area (Å²) >= 11 is 0. The first-order chi connectivity index (χ1) is 6.75. The molecule has 1 saturated carbocycles. The maximum absolute atomic E-state index is 11.7. The van der Waals surface area contributed by atoms with Crippen molar-refractivity contribution in [2.24, 2.45) is 0 Å². The Hall–Kier alpha value is -1.31. The van der Waals surface area contributed by atoms with Crippen molar-refractivity contribution in [2.75, 3.05) is 7.11 Å². The number of ether oxygens (including phenoxy) is 1. The van der Waals surface area contributed by atoms with Gasteiger partial charge >= 0.3 is 0 Å². The van der Waals surface area contributed by atoms with Crippen LogP contribution < -0.4 is 4.74 Å². The number of rotatable bonds is 1. The van der Waals surface area contributed by atoms with Crippen LogP contribution in [0.5, 0.6) is 5.75 Å². The number of carbonyl (C=O) groups is 1. The van der Waals surface area contributed by atoms with Gasteiger partial charge in [0.2, 0.25) is 0 Å². The van der Waals surface area contributed by atoms with Crippen molar-refractivity contribution in [1.29, 1.82) is 0 Å². The molecule has 1 aromatic rings. The maximum Gasteiger partial charge on any atom is 0.164 e. The summed E-state index contributed by atoms with van der Waals surface area (Å²) in [4.78, 5) is 11.7. The topological polar surface area (TPSA) is 26.3 Å². The summed E-state index contributed by atoms with van der Waals surface area (Å²) in [5, 5.41) is 0. The monoisotopic (exact) mass is 188 g/mol. The number of fused-ring (bicyclic) bond motifs is 2. The standard InChI is InChI=1S/C12H12O2/c1-14-8-2-3-9-10(6-8)12(4-5-12)7-11(9)13/h2-3,6H,4-5,7H2,1H3. The van der Waals surface area contributed by atoms with Crippen molar-refractivity contribution in [2.45, 2.75) is 24.7 Å². The Morgan fingerprint density at radius 3 is 2.79 bits per heavy atom. The van der Waals surface area contributed by atoms with Gasteiger partial charge in [0.1, 0.15) is 5.75 Å². The fourth-order valence-electron chi connectivity index (χ4n) is 2.43. The molecule has 0 aromatic heterocycles. The summed E-state index contributed by atoms with van der Waals surface area (Å²) < 4.78 is 5.18. The zero-order valence-electron chi connectivity index (χ0n) is 8.17. The van der Waals surface area contributed by atoms with Crippen LogP contribution in [0.4, 0.5) is 0 Å². The lowest BCUT2D eigenvalue weighted by atomic mass is 9.98. The quantitative estimate of drug-likeness (QED) is 0.676. The van der Waals surface area contributed by atoms with Gasteiger partial charge in [0.25, 0.3) is 0 Å². The molecule has 2 aliphatic rings. The van der Waals surface area contributed by atoms with Crippen LogP contribution in [0.15, 0.2) is 18.2 Å². The van der Waals surface area contributed by atoms with E-state index in [0.29, 0.717) is 5.78 Å². The summed E-state index contributed by atoms with van der Waals surface area (Å²) in [7, 11) is 1.66. The average Bonchev–Trinajstić information content (AvgIpc) is 2.91. The highest BCUT2D eigenvalue weighted by molar-refractivity contribution is 6.03. The molecule has 72 valence electrons. The Morgan fingerprint density at radius 2 is 2.14 bits per heavy atom. The highest BCUT2D eigenvalue weighted by Gasteiger charge is 2.52. The Bertz CT molecular complexity index is 416. The second kappa shape index (κ2) is 2.38. The van der Waals surface area contributed by atoms with Gasteiger partial charge in [-0.15, -0.1) is 0 Å². The molecule has 1 spiro atoms. The molecule has 2 heteroatoms. The van der Waals surface area contributed by atoms with Crippen LogP contribution >= 0.6 is 0 Å². The van der Waals surface area contributed by atoms with Gasteiger partial charge < -0.3 is 4.74 Å². The van der Waals surface area contributed by atoms with Gasteiger partial charge in [-0.1, -0.05) is 0 Å². The van der Waals surface area contributed by atoms with Gasteiger partial charge in [-0.2, -0.15) is 0 Å². The Balaban J connectivity index is 2.18. The second-order valence-corrected chi connectivity index (χ2v) is 4.29. The molecule has 0 bridgehead atoms. The molecule has 0 N–H and O–H groups in total. The van der Waals surface area contributed by atoms with E-state index in [-0.39, 0.29) is 5.41 Å². The lowest BCUT2D eigenvalue weighted by Crippen LogP contribution is -2.00. The van der Waals surface area contributed by atoms with Crippen molar-refractivity contribution in [3.63, 3.8) is 0 Å². The van der Waals surface area contributed by atoms with Crippen molar-refractivity contribution >= 4 is 5.78 Å². The van der Waals surface area contributed by atoms with Crippen LogP contribution in [-0.2, 0) is 5.41 Å². The SMILES string of the molecule is COc1ccc2c(c1)C1(CC1)CC2=O. The van der Waals surface area contributed by atoms with Crippen LogP contribution in [0.1, 0.15) is 35.2 Å². The summed E-state index contributed by atoms with van der Waals surface area (Å²) in [6.45, 7) is 0. The molecule has 1 fully saturated rings. The summed E-state index contributed by atoms with van der Waals surface area (Å²) in [5.74, 6) is 1.17. The van der Waals surface area contributed by atoms with E-state index in [9.17, 15) is 4.79 Å². The summed E-state index contributed by atoms with van der Waals surface area (Å²) in [6, 6.07) is 5.81. The van der Waals surface area contributed by atoms with E-state index in [1.165, 1.54) is 18.4 Å². The number of benzene rings is 1. The number of methoxy groups -OCH3 is 1. The minimum Gasteiger partial charge on any atom is -0.497 e. The third-order valence-electron chi connectivity index (χ3n) is 3.45. The molecule has 0 unspecified atom stereocenters. The molecule has 0 aliphatic heterocycles. The predicted molar refractivity (Wildman–Crippen MR) is 52.9 cm³/mol. The first-order valence-corrected chi connectivity index (χ1v) is 4.97. The summed E-state index contributed by atoms with van der Waals surface area (Å²) in [5.41, 5.74) is 2.35. The van der Waals surface area contributed by atoms with Crippen LogP contribution in [0, 0.1) is 0 Å². The second-order valence-electron chi connectivity index (χ2n) is 4.29. The van der Waals surface area contributed by atoms with E-state index >= 15 is 0 Å². The highest BCUT2D eigenvalue weighted by atomic mass is 16.5. The Labute approximate surface area is 82.9 Å². The van der Waals surface area contributed by atoms with Gasteiger partial charge in [-0.25, -0.2) is 0 Å². The third-order valence-corrected chi connectivity index (χ3v) is 3.45. The molecule has 0 saturated heterocycles. The molecule has 3 rings (SSSR count). The van der Waals surface area contributed by atoms with Crippen LogP contribution in [0.2, 0.25) is 0 Å². The maximum atomic E-state index is 11.7. The largest absolute Gasteiger partial charge is 0.497 e. The smallest absolute Gasteiger partial charge is 0.164 e. The zero-order chi connectivity index (χ0) is 9.76. The van der Waals surface area contributed by atoms with Gasteiger partial charge in [-0.05, 0) is 36.6 Å². The summed E-state index contributed by atoms with van der Waals surface area (Å²) in [6.07, 6.45) is 3.05. The van der Waals surface area contributed by atoms with E-state index in [1.807, 2.05) is 18.2 Å². The minimum absolute atomic E-state index is 0.209. The Kier molecular flexibility index (Phi) is 1.37. The van der Waals surface area contributed by atoms with Crippen molar-refractivity contribution < 1.29 is 9.53 Å². The number of ketones is 1. The third kappa shape index (κ3) is 0.884. The van der Waals surface area contributed by atoms with Gasteiger partial charge in [0, 0.05) is 17.4 Å². The van der Waals surface area contributed by atoms with Crippen LogP contribution in [0.25, 0.3) is 0 Å². The first-order valence-electron chi connectivity index (χ1n) is 4.97. The van der Waals surface area contributed by atoms with Gasteiger partial charge in [0.15, 0.2) is 5.78 Å². The molecule has 2 aliphatic carbocycles. The number of hydrogen-bond acceptors (Lipinski definition) is 2. The molecular weight excluding hydrogens is 176 g/mol. The Morgan fingerprint density at radius 1 is 1.36 bits per heavy atom. The zero-order valence-corrected chi connectivity index (χ0v) is 8.17. The molecule has 0 atom stereocenters. The first kappa shape index (κ1) is 8.04. The molecule has 2 nitrogen and oxygen atoms in total. The van der Waals surface area contributed by atoms with E-state index in [1.54, 1.807) is 7.11 Å². The normalized spacial score (nSPS) is 21.1. The fourth-order valence-corrected chi connectivity index (χ4v) is 2.43. The highest BCUT2D eigenvalue weighted by Crippen LogP contribution is 2.57. The van der Waals surface area contributed by atoms with Gasteiger partial charge in [0.05, 0.1) is 7.11 Å². The van der Waals surface area contributed by atoms with E-state index < -0.39 is 0 Å². The minimum atomic E-state index is 0.209. The molecule has 14 heavy (non-hydrogen) atoms. The molecule has 0 amide bonds. The molecule has 1 aromatic carbocycles. The molecule has 0 heterocycles. The number of carbonyl (C=O) groups excluding carboxylic acids is 1. The lowest BCUT2D eigenvalue weighted by Gasteiger charge is -2.08. The van der Waals surface area contributed by atoms with E-state index in [2.05, 4.69) is 0 Å². The average molecular weight is 188 g/mol. The fraction of sp³-hybridized carbons (Fsp3) is 0.417. The van der Waals surface area contributed by atoms with Crippen molar-refractivity contribution in [3.8, 4) is 5.75 Å². The van der Waals surface area contributed by atoms with Gasteiger partial charge in [-0.3, -0.25) is 4.79 Å². The van der Waals surface area contributed by atoms with Crippen LogP contribution in [0.3, 0.4) is 0 Å². The van der Waals surface area contributed by atoms with E-state index in [4.69, 9.17) is 4.74 Å². The molecule has 0 radical (unpaired) electrons. The van der Waals surface area contributed by atoms with Crippen molar-refractivity contribution in [1.82, 2.24) is 0 Å². The molecular formula is C12H12O2. The lowest BCUT2D eigenvalue weighted by molar-refractivity contribution is 0.0986. The number of Topliss-reactive ketones (excluding diaryl/α,β-unsaturated/α-hetero) is 1. The number of hydrogen-bond donors (Lipinski definition) is 0. The van der Waals surface area contributed by atoms with Crippen LogP contribution in [-0.4, -0.2) is 12.9 Å².